The summed E-state index contributed by atoms with van der Waals surface area (Å²) in [5.74, 6) is 0.879. The van der Waals surface area contributed by atoms with E-state index >= 15 is 0 Å². The topological polar surface area (TPSA) is 84.9 Å². The molecule has 0 fully saturated rings. The zero-order chi connectivity index (χ0) is 24.6. The van der Waals surface area contributed by atoms with Crippen LogP contribution in [0.1, 0.15) is 16.7 Å². The highest BCUT2D eigenvalue weighted by Gasteiger charge is 2.26. The predicted molar refractivity (Wildman–Crippen MR) is 131 cm³/mol. The summed E-state index contributed by atoms with van der Waals surface area (Å²) in [6, 6.07) is 21.4. The lowest BCUT2D eigenvalue weighted by Crippen LogP contribution is -2.40. The molecule has 0 saturated carbocycles. The van der Waals surface area contributed by atoms with Crippen LogP contribution in [0.25, 0.3) is 0 Å². The van der Waals surface area contributed by atoms with E-state index in [2.05, 4.69) is 5.32 Å². The number of benzene rings is 3. The van der Waals surface area contributed by atoms with Crippen molar-refractivity contribution in [1.82, 2.24) is 9.62 Å². The average molecular weight is 483 g/mol. The highest BCUT2D eigenvalue weighted by Crippen LogP contribution is 2.27. The van der Waals surface area contributed by atoms with E-state index in [1.54, 1.807) is 38.5 Å². The molecule has 180 valence electrons. The molecule has 8 heteroatoms. The molecular formula is C26H30N2O5S. The lowest BCUT2D eigenvalue weighted by atomic mass is 10.1. The lowest BCUT2D eigenvalue weighted by Gasteiger charge is -2.22. The number of methoxy groups -OCH3 is 2. The van der Waals surface area contributed by atoms with Crippen LogP contribution < -0.4 is 14.8 Å². The quantitative estimate of drug-likeness (QED) is 0.452. The van der Waals surface area contributed by atoms with Crippen LogP contribution in [0.5, 0.6) is 11.5 Å². The van der Waals surface area contributed by atoms with Crippen molar-refractivity contribution >= 4 is 15.9 Å². The first kappa shape index (κ1) is 25.3. The minimum Gasteiger partial charge on any atom is -0.493 e. The van der Waals surface area contributed by atoms with Gasteiger partial charge < -0.3 is 14.8 Å². The van der Waals surface area contributed by atoms with Crippen LogP contribution in [-0.2, 0) is 27.8 Å². The summed E-state index contributed by atoms with van der Waals surface area (Å²) in [4.78, 5) is 12.9. The first-order chi connectivity index (χ1) is 16.3. The van der Waals surface area contributed by atoms with Crippen molar-refractivity contribution in [1.29, 1.82) is 0 Å². The molecule has 0 unspecified atom stereocenters. The second kappa shape index (κ2) is 11.7. The first-order valence-corrected chi connectivity index (χ1v) is 12.4. The van der Waals surface area contributed by atoms with Crippen LogP contribution in [0.15, 0.2) is 77.7 Å². The minimum atomic E-state index is -3.86. The number of sulfonamides is 1. The zero-order valence-corrected chi connectivity index (χ0v) is 20.5. The molecule has 34 heavy (non-hydrogen) atoms. The summed E-state index contributed by atoms with van der Waals surface area (Å²) in [7, 11) is -0.721. The summed E-state index contributed by atoms with van der Waals surface area (Å²) in [5, 5.41) is 2.83. The fourth-order valence-corrected chi connectivity index (χ4v) is 4.86. The Balaban J connectivity index is 1.69. The molecule has 0 bridgehead atoms. The van der Waals surface area contributed by atoms with Gasteiger partial charge in [0.2, 0.25) is 15.9 Å². The van der Waals surface area contributed by atoms with Crippen LogP contribution in [-0.4, -0.2) is 45.9 Å². The molecule has 0 aliphatic heterocycles. The number of nitrogens with zero attached hydrogens (tertiary/aromatic N) is 1. The van der Waals surface area contributed by atoms with Crippen LogP contribution in [0.4, 0.5) is 0 Å². The van der Waals surface area contributed by atoms with Gasteiger partial charge in [-0.25, -0.2) is 8.42 Å². The lowest BCUT2D eigenvalue weighted by molar-refractivity contribution is -0.121. The average Bonchev–Trinajstić information content (AvgIpc) is 2.84. The van der Waals surface area contributed by atoms with Gasteiger partial charge in [0.1, 0.15) is 0 Å². The van der Waals surface area contributed by atoms with Gasteiger partial charge >= 0.3 is 0 Å². The maximum Gasteiger partial charge on any atom is 0.243 e. The Morgan fingerprint density at radius 3 is 2.21 bits per heavy atom. The Morgan fingerprint density at radius 1 is 0.882 bits per heavy atom. The SMILES string of the molecule is COc1ccc(CCNC(=O)CN(Cc2ccccc2)S(=O)(=O)c2ccc(C)cc2)cc1OC. The highest BCUT2D eigenvalue weighted by atomic mass is 32.2. The largest absolute Gasteiger partial charge is 0.493 e. The Morgan fingerprint density at radius 2 is 1.56 bits per heavy atom. The van der Waals surface area contributed by atoms with Crippen molar-refractivity contribution in [2.45, 2.75) is 24.8 Å². The van der Waals surface area contributed by atoms with Crippen molar-refractivity contribution in [2.24, 2.45) is 0 Å². The van der Waals surface area contributed by atoms with Gasteiger partial charge in [-0.15, -0.1) is 0 Å². The van der Waals surface area contributed by atoms with Crippen LogP contribution >= 0.6 is 0 Å². The van der Waals surface area contributed by atoms with E-state index < -0.39 is 10.0 Å². The third-order valence-corrected chi connectivity index (χ3v) is 7.17. The van der Waals surface area contributed by atoms with Gasteiger partial charge in [0.05, 0.1) is 25.7 Å². The van der Waals surface area contributed by atoms with Crippen LogP contribution in [0.3, 0.4) is 0 Å². The van der Waals surface area contributed by atoms with Crippen molar-refractivity contribution in [3.05, 3.63) is 89.5 Å². The number of carbonyl (C=O) groups excluding carboxylic acids is 1. The van der Waals surface area contributed by atoms with E-state index in [-0.39, 0.29) is 23.9 Å². The molecule has 7 nitrogen and oxygen atoms in total. The Kier molecular flexibility index (Phi) is 8.67. The van der Waals surface area contributed by atoms with Crippen molar-refractivity contribution in [2.75, 3.05) is 27.3 Å². The number of carbonyl (C=O) groups is 1. The van der Waals surface area contributed by atoms with Crippen molar-refractivity contribution < 1.29 is 22.7 Å². The zero-order valence-electron chi connectivity index (χ0n) is 19.7. The molecule has 0 aliphatic carbocycles. The molecule has 0 spiro atoms. The maximum absolute atomic E-state index is 13.3. The summed E-state index contributed by atoms with van der Waals surface area (Å²) in [6.07, 6.45) is 0.565. The van der Waals surface area contributed by atoms with E-state index in [1.165, 1.54) is 4.31 Å². The monoisotopic (exact) mass is 482 g/mol. The Bertz CT molecular complexity index is 1200. The highest BCUT2D eigenvalue weighted by molar-refractivity contribution is 7.89. The molecule has 3 rings (SSSR count). The van der Waals surface area contributed by atoms with E-state index in [0.717, 1.165) is 16.7 Å². The molecule has 0 heterocycles. The molecular weight excluding hydrogens is 452 g/mol. The number of ether oxygens (including phenoxy) is 2. The number of hydrogen-bond donors (Lipinski definition) is 1. The van der Waals surface area contributed by atoms with E-state index in [1.807, 2.05) is 55.5 Å². The molecule has 0 aliphatic rings. The standard InChI is InChI=1S/C26H30N2O5S/c1-20-9-12-23(13-10-20)34(30,31)28(18-22-7-5-4-6-8-22)19-26(29)27-16-15-21-11-14-24(32-2)25(17-21)33-3/h4-14,17H,15-16,18-19H2,1-3H3,(H,27,29). The van der Waals surface area contributed by atoms with Gasteiger partial charge in [0, 0.05) is 13.1 Å². The van der Waals surface area contributed by atoms with Gasteiger partial charge in [0.25, 0.3) is 0 Å². The molecule has 0 aromatic heterocycles. The maximum atomic E-state index is 13.3. The normalized spacial score (nSPS) is 11.3. The van der Waals surface area contributed by atoms with Crippen LogP contribution in [0, 0.1) is 6.92 Å². The van der Waals surface area contributed by atoms with Gasteiger partial charge in [-0.2, -0.15) is 4.31 Å². The van der Waals surface area contributed by atoms with Crippen molar-refractivity contribution in [3.63, 3.8) is 0 Å². The number of nitrogens with one attached hydrogen (secondary N) is 1. The van der Waals surface area contributed by atoms with E-state index in [0.29, 0.717) is 24.5 Å². The summed E-state index contributed by atoms with van der Waals surface area (Å²) in [6.45, 7) is 2.07. The van der Waals surface area contributed by atoms with Gasteiger partial charge in [-0.05, 0) is 48.7 Å². The van der Waals surface area contributed by atoms with Crippen molar-refractivity contribution in [3.8, 4) is 11.5 Å². The second-order valence-corrected chi connectivity index (χ2v) is 9.80. The Labute approximate surface area is 201 Å². The fourth-order valence-electron chi connectivity index (χ4n) is 3.47. The van der Waals surface area contributed by atoms with E-state index in [9.17, 15) is 13.2 Å². The molecule has 0 radical (unpaired) electrons. The summed E-state index contributed by atoms with van der Waals surface area (Å²) in [5.41, 5.74) is 2.73. The van der Waals surface area contributed by atoms with Gasteiger partial charge in [0.15, 0.2) is 11.5 Å². The number of aryl methyl sites for hydroxylation is 1. The third kappa shape index (κ3) is 6.59. The number of amides is 1. The summed E-state index contributed by atoms with van der Waals surface area (Å²) >= 11 is 0. The Hall–Kier alpha value is -3.36. The molecule has 3 aromatic rings. The first-order valence-electron chi connectivity index (χ1n) is 10.9. The number of rotatable bonds is 11. The van der Waals surface area contributed by atoms with Crippen LogP contribution in [0.2, 0.25) is 0 Å². The molecule has 0 atom stereocenters. The second-order valence-electron chi connectivity index (χ2n) is 7.86. The fraction of sp³-hybridized carbons (Fsp3) is 0.269. The molecule has 1 N–H and O–H groups in total. The van der Waals surface area contributed by atoms with Gasteiger partial charge in [-0.3, -0.25) is 4.79 Å². The molecule has 1 amide bonds. The molecule has 3 aromatic carbocycles. The molecule has 0 saturated heterocycles. The smallest absolute Gasteiger partial charge is 0.243 e. The van der Waals surface area contributed by atoms with E-state index in [4.69, 9.17) is 9.47 Å². The predicted octanol–water partition coefficient (Wildman–Crippen LogP) is 3.56. The minimum absolute atomic E-state index is 0.0974. The summed E-state index contributed by atoms with van der Waals surface area (Å²) < 4.78 is 38.4. The van der Waals surface area contributed by atoms with Gasteiger partial charge in [-0.1, -0.05) is 54.1 Å². The third-order valence-electron chi connectivity index (χ3n) is 5.36. The number of hydrogen-bond acceptors (Lipinski definition) is 5.